The molecule has 0 aromatic rings. The van der Waals surface area contributed by atoms with Gasteiger partial charge in [-0.2, -0.15) is 0 Å². The zero-order valence-electron chi connectivity index (χ0n) is 11.5. The molecule has 1 aliphatic carbocycles. The number of ether oxygens (including phenoxy) is 1. The Bertz CT molecular complexity index is 247. The highest BCUT2D eigenvalue weighted by Gasteiger charge is 2.33. The number of piperidine rings is 1. The molecule has 3 rings (SSSR count). The van der Waals surface area contributed by atoms with Crippen LogP contribution >= 0.6 is 0 Å². The van der Waals surface area contributed by atoms with Gasteiger partial charge in [-0.15, -0.1) is 0 Å². The molecule has 3 nitrogen and oxygen atoms in total. The maximum atomic E-state index is 5.50. The summed E-state index contributed by atoms with van der Waals surface area (Å²) in [5.41, 5.74) is 0. The minimum Gasteiger partial charge on any atom is -0.380 e. The zero-order valence-corrected chi connectivity index (χ0v) is 11.5. The van der Waals surface area contributed by atoms with Crippen LogP contribution in [0.4, 0.5) is 0 Å². The van der Waals surface area contributed by atoms with Crippen molar-refractivity contribution in [1.82, 2.24) is 10.6 Å². The Balaban J connectivity index is 1.57. The van der Waals surface area contributed by atoms with Crippen molar-refractivity contribution >= 4 is 0 Å². The summed E-state index contributed by atoms with van der Waals surface area (Å²) in [4.78, 5) is 0. The number of rotatable bonds is 3. The van der Waals surface area contributed by atoms with Crippen LogP contribution in [0.3, 0.4) is 0 Å². The molecule has 2 heterocycles. The van der Waals surface area contributed by atoms with Crippen molar-refractivity contribution in [3.63, 3.8) is 0 Å². The van der Waals surface area contributed by atoms with Gasteiger partial charge in [0.2, 0.25) is 0 Å². The fourth-order valence-electron chi connectivity index (χ4n) is 4.06. The maximum Gasteiger partial charge on any atom is 0.0620 e. The topological polar surface area (TPSA) is 33.3 Å². The molecule has 0 bridgehead atoms. The SMILES string of the molecule is C1CCC(C2CCCCC2NC2CCOC2)NC1. The van der Waals surface area contributed by atoms with E-state index in [4.69, 9.17) is 4.74 Å². The second-order valence-corrected chi connectivity index (χ2v) is 6.34. The zero-order chi connectivity index (χ0) is 12.2. The Morgan fingerprint density at radius 2 is 1.83 bits per heavy atom. The second kappa shape index (κ2) is 6.36. The molecule has 3 fully saturated rings. The average molecular weight is 252 g/mol. The third kappa shape index (κ3) is 3.06. The van der Waals surface area contributed by atoms with Crippen LogP contribution in [0.5, 0.6) is 0 Å². The first kappa shape index (κ1) is 12.9. The van der Waals surface area contributed by atoms with Gasteiger partial charge in [0.1, 0.15) is 0 Å². The molecule has 0 aromatic heterocycles. The Morgan fingerprint density at radius 1 is 0.944 bits per heavy atom. The Labute approximate surface area is 111 Å². The van der Waals surface area contributed by atoms with Crippen LogP contribution in [0.15, 0.2) is 0 Å². The molecule has 0 spiro atoms. The van der Waals surface area contributed by atoms with Crippen molar-refractivity contribution in [2.75, 3.05) is 19.8 Å². The van der Waals surface area contributed by atoms with Crippen molar-refractivity contribution in [2.45, 2.75) is 69.5 Å². The molecule has 104 valence electrons. The standard InChI is InChI=1S/C15H28N2O/c1-2-7-15(17-12-8-10-18-11-12)13(5-1)14-6-3-4-9-16-14/h12-17H,1-11H2. The van der Waals surface area contributed by atoms with E-state index >= 15 is 0 Å². The summed E-state index contributed by atoms with van der Waals surface area (Å²) in [5.74, 6) is 0.861. The molecule has 0 amide bonds. The van der Waals surface area contributed by atoms with Gasteiger partial charge in [0, 0.05) is 24.7 Å². The summed E-state index contributed by atoms with van der Waals surface area (Å²) in [5, 5.41) is 7.67. The van der Waals surface area contributed by atoms with Crippen molar-refractivity contribution in [3.8, 4) is 0 Å². The van der Waals surface area contributed by atoms with Crippen molar-refractivity contribution in [1.29, 1.82) is 0 Å². The highest BCUT2D eigenvalue weighted by atomic mass is 16.5. The van der Waals surface area contributed by atoms with Crippen molar-refractivity contribution in [3.05, 3.63) is 0 Å². The third-order valence-electron chi connectivity index (χ3n) is 5.06. The van der Waals surface area contributed by atoms with E-state index in [1.807, 2.05) is 0 Å². The van der Waals surface area contributed by atoms with Crippen LogP contribution in [-0.2, 0) is 4.74 Å². The van der Waals surface area contributed by atoms with Crippen LogP contribution in [0.25, 0.3) is 0 Å². The molecular weight excluding hydrogens is 224 g/mol. The lowest BCUT2D eigenvalue weighted by Crippen LogP contribution is -2.52. The third-order valence-corrected chi connectivity index (χ3v) is 5.06. The van der Waals surface area contributed by atoms with Gasteiger partial charge >= 0.3 is 0 Å². The number of hydrogen-bond donors (Lipinski definition) is 2. The molecule has 2 aliphatic heterocycles. The summed E-state index contributed by atoms with van der Waals surface area (Å²) < 4.78 is 5.50. The van der Waals surface area contributed by atoms with Crippen LogP contribution in [0, 0.1) is 5.92 Å². The van der Waals surface area contributed by atoms with E-state index in [0.29, 0.717) is 6.04 Å². The van der Waals surface area contributed by atoms with E-state index < -0.39 is 0 Å². The van der Waals surface area contributed by atoms with Gasteiger partial charge < -0.3 is 15.4 Å². The molecule has 0 radical (unpaired) electrons. The molecule has 2 N–H and O–H groups in total. The largest absolute Gasteiger partial charge is 0.380 e. The number of nitrogens with one attached hydrogen (secondary N) is 2. The molecule has 4 atom stereocenters. The van der Waals surface area contributed by atoms with E-state index in [9.17, 15) is 0 Å². The minimum atomic E-state index is 0.624. The fraction of sp³-hybridized carbons (Fsp3) is 1.00. The highest BCUT2D eigenvalue weighted by Crippen LogP contribution is 2.31. The number of hydrogen-bond acceptors (Lipinski definition) is 3. The van der Waals surface area contributed by atoms with E-state index in [2.05, 4.69) is 10.6 Å². The minimum absolute atomic E-state index is 0.624. The first-order valence-corrected chi connectivity index (χ1v) is 8.00. The van der Waals surface area contributed by atoms with Gasteiger partial charge in [-0.25, -0.2) is 0 Å². The molecule has 0 aromatic carbocycles. The maximum absolute atomic E-state index is 5.50. The molecule has 3 heteroatoms. The normalized spacial score (nSPS) is 42.0. The van der Waals surface area contributed by atoms with Crippen LogP contribution < -0.4 is 10.6 Å². The lowest BCUT2D eigenvalue weighted by Gasteiger charge is -2.41. The smallest absolute Gasteiger partial charge is 0.0620 e. The van der Waals surface area contributed by atoms with E-state index in [1.165, 1.54) is 57.9 Å². The van der Waals surface area contributed by atoms with E-state index in [-0.39, 0.29) is 0 Å². The summed E-state index contributed by atoms with van der Waals surface area (Å²) in [6.07, 6.45) is 11.0. The fourth-order valence-corrected chi connectivity index (χ4v) is 4.06. The first-order valence-electron chi connectivity index (χ1n) is 8.00. The van der Waals surface area contributed by atoms with Gasteiger partial charge in [0.05, 0.1) is 6.61 Å². The summed E-state index contributed by atoms with van der Waals surface area (Å²) in [7, 11) is 0. The van der Waals surface area contributed by atoms with Gasteiger partial charge in [-0.3, -0.25) is 0 Å². The Hall–Kier alpha value is -0.120. The Kier molecular flexibility index (Phi) is 4.55. The van der Waals surface area contributed by atoms with Gasteiger partial charge in [-0.05, 0) is 44.6 Å². The summed E-state index contributed by atoms with van der Waals surface area (Å²) in [6.45, 7) is 3.12. The Morgan fingerprint density at radius 3 is 2.61 bits per heavy atom. The van der Waals surface area contributed by atoms with Crippen molar-refractivity contribution in [2.24, 2.45) is 5.92 Å². The second-order valence-electron chi connectivity index (χ2n) is 6.34. The van der Waals surface area contributed by atoms with Crippen LogP contribution in [0.1, 0.15) is 51.4 Å². The predicted octanol–water partition coefficient (Wildman–Crippen LogP) is 2.07. The molecule has 1 saturated carbocycles. The first-order chi connectivity index (χ1) is 8.93. The van der Waals surface area contributed by atoms with Crippen LogP contribution in [0.2, 0.25) is 0 Å². The molecule has 2 saturated heterocycles. The molecular formula is C15H28N2O. The van der Waals surface area contributed by atoms with E-state index in [0.717, 1.165) is 31.2 Å². The lowest BCUT2D eigenvalue weighted by atomic mass is 9.77. The molecule has 3 aliphatic rings. The average Bonchev–Trinajstić information content (AvgIpc) is 2.93. The molecule has 4 unspecified atom stereocenters. The summed E-state index contributed by atoms with van der Waals surface area (Å²) in [6, 6.07) is 2.14. The van der Waals surface area contributed by atoms with Crippen molar-refractivity contribution < 1.29 is 4.74 Å². The van der Waals surface area contributed by atoms with Gasteiger partial charge in [-0.1, -0.05) is 19.3 Å². The highest BCUT2D eigenvalue weighted by molar-refractivity contribution is 4.92. The molecule has 18 heavy (non-hydrogen) atoms. The van der Waals surface area contributed by atoms with Gasteiger partial charge in [0.15, 0.2) is 0 Å². The lowest BCUT2D eigenvalue weighted by molar-refractivity contribution is 0.156. The summed E-state index contributed by atoms with van der Waals surface area (Å²) >= 11 is 0. The predicted molar refractivity (Wildman–Crippen MR) is 73.7 cm³/mol. The van der Waals surface area contributed by atoms with Crippen LogP contribution in [-0.4, -0.2) is 37.9 Å². The monoisotopic (exact) mass is 252 g/mol. The van der Waals surface area contributed by atoms with E-state index in [1.54, 1.807) is 0 Å². The van der Waals surface area contributed by atoms with Gasteiger partial charge in [0.25, 0.3) is 0 Å². The quantitative estimate of drug-likeness (QED) is 0.807.